The van der Waals surface area contributed by atoms with E-state index in [-0.39, 0.29) is 22.5 Å². The van der Waals surface area contributed by atoms with E-state index in [0.29, 0.717) is 11.8 Å². The van der Waals surface area contributed by atoms with Gasteiger partial charge in [0.2, 0.25) is 11.8 Å². The van der Waals surface area contributed by atoms with Crippen LogP contribution in [0.15, 0.2) is 40.0 Å². The van der Waals surface area contributed by atoms with Crippen LogP contribution in [0.1, 0.15) is 69.7 Å². The molecule has 2 aromatic rings. The molecule has 0 aliphatic heterocycles. The summed E-state index contributed by atoms with van der Waals surface area (Å²) < 4.78 is 6.14. The number of aromatic nitrogens is 2. The maximum absolute atomic E-state index is 12.6. The summed E-state index contributed by atoms with van der Waals surface area (Å²) in [4.78, 5) is 12.6. The predicted octanol–water partition coefficient (Wildman–Crippen LogP) is 4.94. The normalized spacial score (nSPS) is 31.5. The Hall–Kier alpha value is -1.82. The fourth-order valence-corrected chi connectivity index (χ4v) is 7.05. The number of nitrogens with zero attached hydrogens (tertiary/aromatic N) is 2. The second-order valence-corrected chi connectivity index (χ2v) is 11.2. The molecule has 2 atom stereocenters. The van der Waals surface area contributed by atoms with Gasteiger partial charge in [0.25, 0.3) is 5.22 Å². The Labute approximate surface area is 182 Å². The Kier molecular flexibility index (Phi) is 5.38. The highest BCUT2D eigenvalue weighted by Gasteiger charge is 2.54. The van der Waals surface area contributed by atoms with Gasteiger partial charge in [-0.05, 0) is 74.7 Å². The summed E-state index contributed by atoms with van der Waals surface area (Å²) in [6.07, 6.45) is 7.81. The Morgan fingerprint density at radius 2 is 1.73 bits per heavy atom. The molecule has 4 aliphatic carbocycles. The van der Waals surface area contributed by atoms with Crippen LogP contribution >= 0.6 is 11.8 Å². The van der Waals surface area contributed by atoms with Crippen molar-refractivity contribution in [3.63, 3.8) is 0 Å². The highest BCUT2D eigenvalue weighted by Crippen LogP contribution is 2.60. The number of carbonyl (C=O) groups excluding carboxylic acids is 1. The predicted molar refractivity (Wildman–Crippen MR) is 117 cm³/mol. The first kappa shape index (κ1) is 20.1. The third kappa shape index (κ3) is 3.91. The number of benzene rings is 1. The Balaban J connectivity index is 1.18. The average molecular weight is 426 g/mol. The van der Waals surface area contributed by atoms with E-state index in [1.165, 1.54) is 55.9 Å². The van der Waals surface area contributed by atoms with E-state index in [0.717, 1.165) is 23.6 Å². The zero-order valence-corrected chi connectivity index (χ0v) is 18.7. The van der Waals surface area contributed by atoms with Gasteiger partial charge < -0.3 is 9.73 Å². The highest BCUT2D eigenvalue weighted by molar-refractivity contribution is 8.00. The van der Waals surface area contributed by atoms with E-state index in [4.69, 9.17) is 4.42 Å². The van der Waals surface area contributed by atoms with Crippen LogP contribution in [-0.2, 0) is 10.2 Å². The minimum Gasteiger partial charge on any atom is -0.415 e. The minimum atomic E-state index is -0.266. The molecule has 4 saturated carbocycles. The fraction of sp³-hybridized carbons (Fsp3) is 0.625. The summed E-state index contributed by atoms with van der Waals surface area (Å²) in [5.41, 5.74) is 1.34. The first-order chi connectivity index (χ1) is 14.5. The first-order valence-electron chi connectivity index (χ1n) is 11.3. The summed E-state index contributed by atoms with van der Waals surface area (Å²) in [6.45, 7) is 4.65. The molecule has 1 aromatic heterocycles. The molecule has 0 saturated heterocycles. The number of rotatable bonds is 7. The average Bonchev–Trinajstić information content (AvgIpc) is 3.21. The molecular weight excluding hydrogens is 394 g/mol. The fourth-order valence-electron chi connectivity index (χ4n) is 6.35. The smallest absolute Gasteiger partial charge is 0.277 e. The molecule has 4 fully saturated rings. The maximum Gasteiger partial charge on any atom is 0.277 e. The van der Waals surface area contributed by atoms with Gasteiger partial charge in [-0.3, -0.25) is 4.79 Å². The van der Waals surface area contributed by atoms with Gasteiger partial charge in [-0.15, -0.1) is 10.2 Å². The van der Waals surface area contributed by atoms with Gasteiger partial charge >= 0.3 is 0 Å². The van der Waals surface area contributed by atoms with Crippen LogP contribution < -0.4 is 5.32 Å². The molecule has 1 heterocycles. The summed E-state index contributed by atoms with van der Waals surface area (Å²) in [7, 11) is 0. The van der Waals surface area contributed by atoms with Crippen LogP contribution in [0, 0.1) is 17.8 Å². The second-order valence-electron chi connectivity index (χ2n) is 9.89. The molecule has 4 bridgehead atoms. The number of nitrogens with one attached hydrogen (secondary N) is 1. The lowest BCUT2D eigenvalue weighted by Gasteiger charge is -2.55. The zero-order valence-electron chi connectivity index (χ0n) is 17.8. The van der Waals surface area contributed by atoms with Crippen LogP contribution in [-0.4, -0.2) is 27.9 Å². The molecule has 1 aromatic carbocycles. The SMILES string of the molecule is C[C@H](Sc1nnc(C23CC4CC(CC(C4)C2)C3)o1)C(=O)NC[C@H](C)c1ccccc1. The quantitative estimate of drug-likeness (QED) is 0.637. The molecule has 6 heteroatoms. The van der Waals surface area contributed by atoms with Crippen molar-refractivity contribution in [1.82, 2.24) is 15.5 Å². The first-order valence-corrected chi connectivity index (χ1v) is 12.2. The van der Waals surface area contributed by atoms with E-state index < -0.39 is 0 Å². The molecule has 4 aliphatic rings. The molecule has 30 heavy (non-hydrogen) atoms. The third-order valence-electron chi connectivity index (χ3n) is 7.50. The van der Waals surface area contributed by atoms with Crippen LogP contribution in [0.4, 0.5) is 0 Å². The number of thioether (sulfide) groups is 1. The molecule has 1 amide bonds. The van der Waals surface area contributed by atoms with E-state index >= 15 is 0 Å². The zero-order chi connectivity index (χ0) is 20.7. The number of hydrogen-bond donors (Lipinski definition) is 1. The van der Waals surface area contributed by atoms with E-state index in [1.807, 2.05) is 25.1 Å². The monoisotopic (exact) mass is 425 g/mol. The standard InChI is InChI=1S/C24H31N3O2S/c1-15(20-6-4-3-5-7-20)14-25-21(28)16(2)30-23-27-26-22(29-23)24-11-17-8-18(12-24)10-19(9-17)13-24/h3-7,15-19H,8-14H2,1-2H3,(H,25,28)/t15-,16-,17?,18?,19?,24?/m0/s1. The van der Waals surface area contributed by atoms with Crippen molar-refractivity contribution in [2.24, 2.45) is 17.8 Å². The Morgan fingerprint density at radius 1 is 1.10 bits per heavy atom. The van der Waals surface area contributed by atoms with Crippen molar-refractivity contribution < 1.29 is 9.21 Å². The minimum absolute atomic E-state index is 0.0114. The van der Waals surface area contributed by atoms with Gasteiger partial charge in [0, 0.05) is 12.0 Å². The summed E-state index contributed by atoms with van der Waals surface area (Å²) >= 11 is 1.37. The number of hydrogen-bond acceptors (Lipinski definition) is 5. The Bertz CT molecular complexity index is 862. The molecule has 0 radical (unpaired) electrons. The molecule has 160 valence electrons. The van der Waals surface area contributed by atoms with Gasteiger partial charge in [-0.1, -0.05) is 49.0 Å². The van der Waals surface area contributed by atoms with Gasteiger partial charge in [-0.2, -0.15) is 0 Å². The Morgan fingerprint density at radius 3 is 2.37 bits per heavy atom. The van der Waals surface area contributed by atoms with Crippen molar-refractivity contribution in [2.75, 3.05) is 6.54 Å². The van der Waals surface area contributed by atoms with Crippen LogP contribution in [0.3, 0.4) is 0 Å². The molecule has 1 N–H and O–H groups in total. The van der Waals surface area contributed by atoms with E-state index in [9.17, 15) is 4.79 Å². The molecule has 0 spiro atoms. The van der Waals surface area contributed by atoms with E-state index in [2.05, 4.69) is 34.6 Å². The van der Waals surface area contributed by atoms with Gasteiger partial charge in [-0.25, -0.2) is 0 Å². The molecule has 6 rings (SSSR count). The molecular formula is C24H31N3O2S. The van der Waals surface area contributed by atoms with Crippen molar-refractivity contribution >= 4 is 17.7 Å². The lowest BCUT2D eigenvalue weighted by molar-refractivity contribution is -0.120. The summed E-state index contributed by atoms with van der Waals surface area (Å²) in [5.74, 6) is 3.65. The van der Waals surface area contributed by atoms with Crippen molar-refractivity contribution in [3.05, 3.63) is 41.8 Å². The van der Waals surface area contributed by atoms with Gasteiger partial charge in [0.1, 0.15) is 0 Å². The lowest BCUT2D eigenvalue weighted by Crippen LogP contribution is -2.48. The van der Waals surface area contributed by atoms with Crippen molar-refractivity contribution in [1.29, 1.82) is 0 Å². The largest absolute Gasteiger partial charge is 0.415 e. The lowest BCUT2D eigenvalue weighted by atomic mass is 9.49. The molecule has 5 nitrogen and oxygen atoms in total. The van der Waals surface area contributed by atoms with Crippen LogP contribution in [0.25, 0.3) is 0 Å². The van der Waals surface area contributed by atoms with Crippen molar-refractivity contribution in [3.8, 4) is 0 Å². The topological polar surface area (TPSA) is 68.0 Å². The van der Waals surface area contributed by atoms with Crippen LogP contribution in [0.5, 0.6) is 0 Å². The highest BCUT2D eigenvalue weighted by atomic mass is 32.2. The number of amides is 1. The van der Waals surface area contributed by atoms with Crippen molar-refractivity contribution in [2.45, 2.75) is 74.2 Å². The summed E-state index contributed by atoms with van der Waals surface area (Å²) in [6, 6.07) is 10.3. The third-order valence-corrected chi connectivity index (χ3v) is 8.43. The summed E-state index contributed by atoms with van der Waals surface area (Å²) in [5, 5.41) is 12.1. The maximum atomic E-state index is 12.6. The molecule has 0 unspecified atom stereocenters. The van der Waals surface area contributed by atoms with Gasteiger partial charge in [0.05, 0.1) is 5.25 Å². The van der Waals surface area contributed by atoms with E-state index in [1.54, 1.807) is 0 Å². The van der Waals surface area contributed by atoms with Crippen LogP contribution in [0.2, 0.25) is 0 Å². The second kappa shape index (κ2) is 8.03. The number of carbonyl (C=O) groups is 1. The van der Waals surface area contributed by atoms with Gasteiger partial charge in [0.15, 0.2) is 0 Å².